The van der Waals surface area contributed by atoms with Gasteiger partial charge in [-0.1, -0.05) is 18.6 Å². The Bertz CT molecular complexity index is 406. The van der Waals surface area contributed by atoms with Crippen molar-refractivity contribution in [3.05, 3.63) is 12.2 Å². The quantitative estimate of drug-likeness (QED) is 0.607. The predicted octanol–water partition coefficient (Wildman–Crippen LogP) is 0.113. The van der Waals surface area contributed by atoms with E-state index in [9.17, 15) is 14.7 Å². The van der Waals surface area contributed by atoms with Gasteiger partial charge in [-0.05, 0) is 19.8 Å². The molecule has 0 bridgehead atoms. The molecule has 6 nitrogen and oxygen atoms in total. The van der Waals surface area contributed by atoms with Crippen LogP contribution in [0.5, 0.6) is 0 Å². The maximum Gasteiger partial charge on any atom is 0.223 e. The topological polar surface area (TPSA) is 87.7 Å². The summed E-state index contributed by atoms with van der Waals surface area (Å²) >= 11 is 0. The van der Waals surface area contributed by atoms with Gasteiger partial charge in [0.1, 0.15) is 6.10 Å². The summed E-state index contributed by atoms with van der Waals surface area (Å²) < 4.78 is 5.69. The monoisotopic (exact) mass is 296 g/mol. The molecule has 1 fully saturated rings. The second-order valence-electron chi connectivity index (χ2n) is 5.60. The fraction of sp³-hybridized carbons (Fsp3) is 0.733. The zero-order valence-electron chi connectivity index (χ0n) is 12.4. The lowest BCUT2D eigenvalue weighted by molar-refractivity contribution is -0.131. The van der Waals surface area contributed by atoms with Crippen molar-refractivity contribution in [2.75, 3.05) is 13.2 Å². The first-order chi connectivity index (χ1) is 10.1. The molecule has 0 unspecified atom stereocenters. The van der Waals surface area contributed by atoms with Crippen LogP contribution in [0.15, 0.2) is 12.2 Å². The smallest absolute Gasteiger partial charge is 0.223 e. The molecule has 0 aromatic carbocycles. The average molecular weight is 296 g/mol. The van der Waals surface area contributed by atoms with Gasteiger partial charge in [-0.25, -0.2) is 0 Å². The van der Waals surface area contributed by atoms with Gasteiger partial charge in [-0.2, -0.15) is 0 Å². The van der Waals surface area contributed by atoms with E-state index in [0.717, 1.165) is 19.3 Å². The molecule has 21 heavy (non-hydrogen) atoms. The number of hydrogen-bond acceptors (Lipinski definition) is 4. The van der Waals surface area contributed by atoms with E-state index in [1.165, 1.54) is 0 Å². The molecule has 1 aliphatic carbocycles. The molecule has 0 aromatic rings. The zero-order chi connectivity index (χ0) is 15.2. The van der Waals surface area contributed by atoms with Crippen LogP contribution in [0.25, 0.3) is 0 Å². The number of amides is 2. The standard InChI is InChI=1S/C15H24N2O4/c1-2-16-14(19)8-11-6-7-12(13(9-18)21-11)17-15(20)10-4-3-5-10/h6-7,10-13,18H,2-5,8-9H2,1H3,(H,16,19)(H,17,20)/t11-,12-,13+/m0/s1. The molecule has 3 N–H and O–H groups in total. The van der Waals surface area contributed by atoms with Crippen LogP contribution in [0.1, 0.15) is 32.6 Å². The number of rotatable bonds is 6. The Morgan fingerprint density at radius 3 is 2.67 bits per heavy atom. The summed E-state index contributed by atoms with van der Waals surface area (Å²) in [4.78, 5) is 23.5. The molecule has 6 heteroatoms. The lowest BCUT2D eigenvalue weighted by Gasteiger charge is -2.33. The Labute approximate surface area is 124 Å². The van der Waals surface area contributed by atoms with E-state index >= 15 is 0 Å². The Balaban J connectivity index is 1.88. The highest BCUT2D eigenvalue weighted by atomic mass is 16.5. The Morgan fingerprint density at radius 2 is 2.10 bits per heavy atom. The normalized spacial score (nSPS) is 28.8. The van der Waals surface area contributed by atoms with Crippen molar-refractivity contribution in [2.45, 2.75) is 50.9 Å². The van der Waals surface area contributed by atoms with Crippen LogP contribution in [0, 0.1) is 5.92 Å². The molecule has 2 amide bonds. The second-order valence-corrected chi connectivity index (χ2v) is 5.60. The number of carbonyl (C=O) groups excluding carboxylic acids is 2. The molecular formula is C15H24N2O4. The Hall–Kier alpha value is -1.40. The van der Waals surface area contributed by atoms with Gasteiger partial charge in [-0.3, -0.25) is 9.59 Å². The van der Waals surface area contributed by atoms with Crippen LogP contribution in [-0.4, -0.2) is 48.3 Å². The van der Waals surface area contributed by atoms with Gasteiger partial charge in [-0.15, -0.1) is 0 Å². The molecule has 3 atom stereocenters. The van der Waals surface area contributed by atoms with Crippen molar-refractivity contribution in [1.82, 2.24) is 10.6 Å². The first kappa shape index (κ1) is 16.0. The predicted molar refractivity (Wildman–Crippen MR) is 77.5 cm³/mol. The molecule has 1 aliphatic heterocycles. The number of nitrogens with one attached hydrogen (secondary N) is 2. The average Bonchev–Trinajstić information content (AvgIpc) is 2.38. The first-order valence-corrected chi connectivity index (χ1v) is 7.65. The Morgan fingerprint density at radius 1 is 1.33 bits per heavy atom. The summed E-state index contributed by atoms with van der Waals surface area (Å²) in [7, 11) is 0. The zero-order valence-corrected chi connectivity index (χ0v) is 12.4. The molecule has 0 saturated heterocycles. The van der Waals surface area contributed by atoms with E-state index in [0.29, 0.717) is 6.54 Å². The second kappa shape index (κ2) is 7.56. The van der Waals surface area contributed by atoms with Crippen molar-refractivity contribution >= 4 is 11.8 Å². The summed E-state index contributed by atoms with van der Waals surface area (Å²) in [5.74, 6) is 0.0479. The highest BCUT2D eigenvalue weighted by Crippen LogP contribution is 2.27. The summed E-state index contributed by atoms with van der Waals surface area (Å²) in [5, 5.41) is 15.1. The van der Waals surface area contributed by atoms with Gasteiger partial charge in [0, 0.05) is 12.5 Å². The largest absolute Gasteiger partial charge is 0.394 e. The van der Waals surface area contributed by atoms with Gasteiger partial charge >= 0.3 is 0 Å². The molecule has 1 saturated carbocycles. The molecule has 2 rings (SSSR count). The van der Waals surface area contributed by atoms with Gasteiger partial charge in [0.05, 0.1) is 25.2 Å². The van der Waals surface area contributed by atoms with Crippen LogP contribution < -0.4 is 10.6 Å². The minimum Gasteiger partial charge on any atom is -0.394 e. The number of carbonyl (C=O) groups is 2. The summed E-state index contributed by atoms with van der Waals surface area (Å²) in [6, 6.07) is -0.325. The van der Waals surface area contributed by atoms with Crippen LogP contribution in [-0.2, 0) is 14.3 Å². The minimum absolute atomic E-state index is 0.0279. The van der Waals surface area contributed by atoms with Gasteiger partial charge < -0.3 is 20.5 Å². The van der Waals surface area contributed by atoms with E-state index < -0.39 is 6.10 Å². The maximum atomic E-state index is 12.0. The van der Waals surface area contributed by atoms with E-state index in [1.807, 2.05) is 13.0 Å². The fourth-order valence-corrected chi connectivity index (χ4v) is 2.54. The van der Waals surface area contributed by atoms with E-state index in [2.05, 4.69) is 10.6 Å². The van der Waals surface area contributed by atoms with Crippen molar-refractivity contribution in [2.24, 2.45) is 5.92 Å². The minimum atomic E-state index is -0.501. The number of hydrogen-bond donors (Lipinski definition) is 3. The highest BCUT2D eigenvalue weighted by molar-refractivity contribution is 5.80. The fourth-order valence-electron chi connectivity index (χ4n) is 2.54. The van der Waals surface area contributed by atoms with E-state index in [-0.39, 0.29) is 42.9 Å². The lowest BCUT2D eigenvalue weighted by atomic mass is 9.84. The molecule has 2 aliphatic rings. The molecule has 0 spiro atoms. The highest BCUT2D eigenvalue weighted by Gasteiger charge is 2.32. The summed E-state index contributed by atoms with van der Waals surface area (Å²) in [5.41, 5.74) is 0. The third-order valence-corrected chi connectivity index (χ3v) is 4.01. The van der Waals surface area contributed by atoms with Gasteiger partial charge in [0.15, 0.2) is 0 Å². The van der Waals surface area contributed by atoms with Gasteiger partial charge in [0.25, 0.3) is 0 Å². The lowest BCUT2D eigenvalue weighted by Crippen LogP contribution is -2.51. The third kappa shape index (κ3) is 4.28. The number of aliphatic hydroxyl groups excluding tert-OH is 1. The molecule has 0 aromatic heterocycles. The summed E-state index contributed by atoms with van der Waals surface area (Å²) in [6.45, 7) is 2.25. The molecule has 0 radical (unpaired) electrons. The van der Waals surface area contributed by atoms with Crippen molar-refractivity contribution in [3.63, 3.8) is 0 Å². The van der Waals surface area contributed by atoms with E-state index in [1.54, 1.807) is 6.08 Å². The maximum absolute atomic E-state index is 12.0. The van der Waals surface area contributed by atoms with Crippen molar-refractivity contribution < 1.29 is 19.4 Å². The number of ether oxygens (including phenoxy) is 1. The third-order valence-electron chi connectivity index (χ3n) is 4.01. The van der Waals surface area contributed by atoms with E-state index in [4.69, 9.17) is 4.74 Å². The van der Waals surface area contributed by atoms with Crippen molar-refractivity contribution in [3.8, 4) is 0 Å². The SMILES string of the molecule is CCNC(=O)C[C@@H]1C=C[C@H](NC(=O)C2CCC2)[C@@H](CO)O1. The van der Waals surface area contributed by atoms with Crippen LogP contribution in [0.4, 0.5) is 0 Å². The van der Waals surface area contributed by atoms with Crippen molar-refractivity contribution in [1.29, 1.82) is 0 Å². The van der Waals surface area contributed by atoms with Gasteiger partial charge in [0.2, 0.25) is 11.8 Å². The first-order valence-electron chi connectivity index (χ1n) is 7.65. The molecular weight excluding hydrogens is 272 g/mol. The molecule has 118 valence electrons. The van der Waals surface area contributed by atoms with Crippen LogP contribution >= 0.6 is 0 Å². The Kier molecular flexibility index (Phi) is 5.76. The number of aliphatic hydroxyl groups is 1. The van der Waals surface area contributed by atoms with Crippen LogP contribution in [0.2, 0.25) is 0 Å². The molecule has 1 heterocycles. The summed E-state index contributed by atoms with van der Waals surface area (Å²) in [6.07, 6.45) is 5.96. The van der Waals surface area contributed by atoms with Crippen LogP contribution in [0.3, 0.4) is 0 Å².